The van der Waals surface area contributed by atoms with Crippen LogP contribution in [0.3, 0.4) is 0 Å². The molecule has 9 heavy (non-hydrogen) atoms. The SMILES string of the molecule is CNN.COS(=O)(=O)O. The van der Waals surface area contributed by atoms with Crippen molar-refractivity contribution in [2.24, 2.45) is 5.84 Å². The van der Waals surface area contributed by atoms with Gasteiger partial charge in [-0.3, -0.25) is 20.0 Å². The molecule has 0 aromatic rings. The fraction of sp³-hybridized carbons (Fsp3) is 1.00. The quantitative estimate of drug-likeness (QED) is 0.244. The summed E-state index contributed by atoms with van der Waals surface area (Å²) in [6.07, 6.45) is 0. The fourth-order valence-corrected chi connectivity index (χ4v) is 0. The third kappa shape index (κ3) is 33.5. The number of hydrogen-bond donors (Lipinski definition) is 3. The first-order valence-corrected chi connectivity index (χ1v) is 3.24. The lowest BCUT2D eigenvalue weighted by Gasteiger charge is -1.82. The van der Waals surface area contributed by atoms with Gasteiger partial charge >= 0.3 is 10.4 Å². The van der Waals surface area contributed by atoms with Crippen LogP contribution < -0.4 is 11.3 Å². The maximum absolute atomic E-state index is 9.33. The smallest absolute Gasteiger partial charge is 0.272 e. The average Bonchev–Trinajstić information content (AvgIpc) is 1.67. The monoisotopic (exact) mass is 158 g/mol. The van der Waals surface area contributed by atoms with Crippen LogP contribution in [-0.4, -0.2) is 27.1 Å². The summed E-state index contributed by atoms with van der Waals surface area (Å²) in [5.41, 5.74) is 2.25. The summed E-state index contributed by atoms with van der Waals surface area (Å²) < 4.78 is 29.7. The van der Waals surface area contributed by atoms with Crippen LogP contribution in [0, 0.1) is 0 Å². The van der Waals surface area contributed by atoms with Crippen molar-refractivity contribution in [1.29, 1.82) is 0 Å². The Labute approximate surface area is 53.9 Å². The van der Waals surface area contributed by atoms with Crippen molar-refractivity contribution in [3.05, 3.63) is 0 Å². The van der Waals surface area contributed by atoms with Gasteiger partial charge in [-0.15, -0.1) is 0 Å². The Morgan fingerprint density at radius 3 is 1.78 bits per heavy atom. The van der Waals surface area contributed by atoms with E-state index in [0.717, 1.165) is 7.11 Å². The van der Waals surface area contributed by atoms with E-state index in [1.165, 1.54) is 0 Å². The Bertz CT molecular complexity index is 130. The zero-order valence-electron chi connectivity index (χ0n) is 5.16. The van der Waals surface area contributed by atoms with Gasteiger partial charge in [0.15, 0.2) is 0 Å². The van der Waals surface area contributed by atoms with E-state index < -0.39 is 10.4 Å². The van der Waals surface area contributed by atoms with Gasteiger partial charge in [-0.2, -0.15) is 8.42 Å². The third-order valence-corrected chi connectivity index (χ3v) is 0.632. The van der Waals surface area contributed by atoms with Crippen molar-refractivity contribution < 1.29 is 17.2 Å². The Kier molecular flexibility index (Phi) is 7.61. The van der Waals surface area contributed by atoms with Gasteiger partial charge in [0, 0.05) is 0 Å². The number of nitrogens with one attached hydrogen (secondary N) is 1. The van der Waals surface area contributed by atoms with E-state index in [2.05, 4.69) is 15.5 Å². The Morgan fingerprint density at radius 2 is 1.78 bits per heavy atom. The minimum absolute atomic E-state index is 0.870. The number of nitrogens with two attached hydrogens (primary N) is 1. The van der Waals surface area contributed by atoms with E-state index >= 15 is 0 Å². The molecule has 0 radical (unpaired) electrons. The summed E-state index contributed by atoms with van der Waals surface area (Å²) in [7, 11) is -1.64. The molecule has 0 atom stereocenters. The molecular formula is C2H10N2O4S. The predicted molar refractivity (Wildman–Crippen MR) is 31.8 cm³/mol. The molecule has 0 aliphatic carbocycles. The molecule has 0 heterocycles. The largest absolute Gasteiger partial charge is 0.397 e. The van der Waals surface area contributed by atoms with Gasteiger partial charge in [-0.25, -0.2) is 0 Å². The van der Waals surface area contributed by atoms with Gasteiger partial charge in [-0.1, -0.05) is 0 Å². The zero-order valence-corrected chi connectivity index (χ0v) is 5.97. The van der Waals surface area contributed by atoms with Crippen molar-refractivity contribution in [2.75, 3.05) is 14.2 Å². The highest BCUT2D eigenvalue weighted by Gasteiger charge is 1.93. The van der Waals surface area contributed by atoms with Crippen LogP contribution >= 0.6 is 0 Å². The average molecular weight is 158 g/mol. The van der Waals surface area contributed by atoms with E-state index in [1.807, 2.05) is 0 Å². The van der Waals surface area contributed by atoms with E-state index in [-0.39, 0.29) is 0 Å². The fourth-order valence-electron chi connectivity index (χ4n) is 0. The normalized spacial score (nSPS) is 9.78. The van der Waals surface area contributed by atoms with Crippen LogP contribution in [0.2, 0.25) is 0 Å². The highest BCUT2D eigenvalue weighted by molar-refractivity contribution is 7.80. The van der Waals surface area contributed by atoms with Crippen LogP contribution in [-0.2, 0) is 14.6 Å². The zero-order chi connectivity index (χ0) is 7.91. The van der Waals surface area contributed by atoms with Gasteiger partial charge in [0.1, 0.15) is 0 Å². The Morgan fingerprint density at radius 1 is 1.67 bits per heavy atom. The number of rotatable bonds is 1. The molecule has 0 amide bonds. The Hall–Kier alpha value is -0.210. The summed E-state index contributed by atoms with van der Waals surface area (Å²) >= 11 is 0. The van der Waals surface area contributed by atoms with Gasteiger partial charge in [0.05, 0.1) is 7.11 Å². The molecular weight excluding hydrogens is 148 g/mol. The maximum atomic E-state index is 9.33. The molecule has 0 saturated heterocycles. The highest BCUT2D eigenvalue weighted by Crippen LogP contribution is 1.74. The molecule has 0 unspecified atom stereocenters. The first-order chi connectivity index (χ1) is 3.97. The van der Waals surface area contributed by atoms with Gasteiger partial charge in [0.25, 0.3) is 0 Å². The lowest BCUT2D eigenvalue weighted by Crippen LogP contribution is -2.13. The van der Waals surface area contributed by atoms with Crippen molar-refractivity contribution >= 4 is 10.4 Å². The Balaban J connectivity index is 0. The number of hydrogen-bond acceptors (Lipinski definition) is 5. The molecule has 58 valence electrons. The summed E-state index contributed by atoms with van der Waals surface area (Å²) in [4.78, 5) is 0. The first kappa shape index (κ1) is 11.6. The summed E-state index contributed by atoms with van der Waals surface area (Å²) in [6, 6.07) is 0. The van der Waals surface area contributed by atoms with Crippen LogP contribution in [0.1, 0.15) is 0 Å². The molecule has 4 N–H and O–H groups in total. The molecule has 0 saturated carbocycles. The molecule has 0 aliphatic heterocycles. The summed E-state index contributed by atoms with van der Waals surface area (Å²) in [5, 5.41) is 0. The van der Waals surface area contributed by atoms with E-state index in [0.29, 0.717) is 0 Å². The van der Waals surface area contributed by atoms with Crippen molar-refractivity contribution in [3.63, 3.8) is 0 Å². The van der Waals surface area contributed by atoms with Gasteiger partial charge in [0.2, 0.25) is 0 Å². The topological polar surface area (TPSA) is 102 Å². The van der Waals surface area contributed by atoms with Crippen molar-refractivity contribution in [3.8, 4) is 0 Å². The van der Waals surface area contributed by atoms with Crippen LogP contribution in [0.5, 0.6) is 0 Å². The third-order valence-electron chi connectivity index (χ3n) is 0.211. The van der Waals surface area contributed by atoms with Crippen molar-refractivity contribution in [2.45, 2.75) is 0 Å². The van der Waals surface area contributed by atoms with Crippen LogP contribution in [0.15, 0.2) is 0 Å². The molecule has 7 heteroatoms. The first-order valence-electron chi connectivity index (χ1n) is 1.88. The standard InChI is InChI=1S/CH6N2.CH4O4S/c1-3-2;1-5-6(2,3)4/h3H,2H2,1H3;1H3,(H,2,3,4). The van der Waals surface area contributed by atoms with Crippen LogP contribution in [0.25, 0.3) is 0 Å². The number of hydrazine groups is 1. The molecule has 0 aromatic carbocycles. The van der Waals surface area contributed by atoms with Crippen molar-refractivity contribution in [1.82, 2.24) is 5.43 Å². The summed E-state index contributed by atoms with van der Waals surface area (Å²) in [5.74, 6) is 4.60. The van der Waals surface area contributed by atoms with Crippen LogP contribution in [0.4, 0.5) is 0 Å². The second-order valence-corrected chi connectivity index (χ2v) is 2.07. The minimum atomic E-state index is -4.16. The molecule has 6 nitrogen and oxygen atoms in total. The molecule has 0 bridgehead atoms. The lowest BCUT2D eigenvalue weighted by molar-refractivity contribution is 0.324. The molecule has 0 aromatic heterocycles. The molecule has 0 rings (SSSR count). The maximum Gasteiger partial charge on any atom is 0.397 e. The van der Waals surface area contributed by atoms with E-state index in [1.54, 1.807) is 7.05 Å². The summed E-state index contributed by atoms with van der Waals surface area (Å²) in [6.45, 7) is 0. The van der Waals surface area contributed by atoms with Gasteiger partial charge < -0.3 is 0 Å². The predicted octanol–water partition coefficient (Wildman–Crippen LogP) is -1.48. The molecule has 0 aliphatic rings. The van der Waals surface area contributed by atoms with E-state index in [4.69, 9.17) is 4.55 Å². The lowest BCUT2D eigenvalue weighted by atomic mass is 11.5. The minimum Gasteiger partial charge on any atom is -0.272 e. The van der Waals surface area contributed by atoms with Gasteiger partial charge in [-0.05, 0) is 7.05 Å². The second kappa shape index (κ2) is 5.92. The molecule has 0 fully saturated rings. The van der Waals surface area contributed by atoms with E-state index in [9.17, 15) is 8.42 Å². The molecule has 0 spiro atoms. The highest BCUT2D eigenvalue weighted by atomic mass is 32.3. The second-order valence-electron chi connectivity index (χ2n) is 0.883.